The summed E-state index contributed by atoms with van der Waals surface area (Å²) in [6.07, 6.45) is 0.290. The van der Waals surface area contributed by atoms with E-state index in [0.29, 0.717) is 17.2 Å². The smallest absolute Gasteiger partial charge is 0.233 e. The van der Waals surface area contributed by atoms with Crippen LogP contribution in [0.2, 0.25) is 0 Å². The molecule has 144 valence electrons. The van der Waals surface area contributed by atoms with Crippen LogP contribution in [-0.2, 0) is 4.79 Å². The van der Waals surface area contributed by atoms with Gasteiger partial charge in [-0.15, -0.1) is 11.3 Å². The van der Waals surface area contributed by atoms with Crippen LogP contribution in [-0.4, -0.2) is 24.0 Å². The fourth-order valence-corrected chi connectivity index (χ4v) is 3.73. The van der Waals surface area contributed by atoms with Crippen LogP contribution in [0.3, 0.4) is 0 Å². The minimum Gasteiger partial charge on any atom is -0.545 e. The minimum absolute atomic E-state index is 0.0573. The number of anilines is 2. The number of amides is 1. The number of methoxy groups -OCH3 is 1. The number of carbonyl (C=O) groups is 2. The van der Waals surface area contributed by atoms with Gasteiger partial charge >= 0.3 is 0 Å². The summed E-state index contributed by atoms with van der Waals surface area (Å²) < 4.78 is 5.19. The number of aromatic carboxylic acids is 1. The summed E-state index contributed by atoms with van der Waals surface area (Å²) in [5.74, 6) is -0.629. The molecular weight excluding hydrogens is 376 g/mol. The molecule has 2 aromatic carbocycles. The number of nitrogens with zero attached hydrogens (tertiary/aromatic N) is 2. The molecule has 0 bridgehead atoms. The lowest BCUT2D eigenvalue weighted by molar-refractivity contribution is -0.255. The molecule has 0 radical (unpaired) electrons. The summed E-state index contributed by atoms with van der Waals surface area (Å²) in [5, 5.41) is 11.5. The van der Waals surface area contributed by atoms with E-state index in [0.717, 1.165) is 21.9 Å². The standard InChI is InChI=1S/C21H20N2O4S/c1-4-18(24)23(16-9-5-15(6-10-16)20(25)26)21-22-19(13(2)28-21)14-7-11-17(27-3)12-8-14/h5-12H,4H2,1-3H3,(H,25,26)/p-1. The highest BCUT2D eigenvalue weighted by atomic mass is 32.1. The fourth-order valence-electron chi connectivity index (χ4n) is 2.76. The van der Waals surface area contributed by atoms with E-state index in [9.17, 15) is 14.7 Å². The quantitative estimate of drug-likeness (QED) is 0.637. The lowest BCUT2D eigenvalue weighted by atomic mass is 10.1. The number of ether oxygens (including phenoxy) is 1. The van der Waals surface area contributed by atoms with Crippen LogP contribution in [0.5, 0.6) is 5.75 Å². The Morgan fingerprint density at radius 3 is 2.29 bits per heavy atom. The zero-order chi connectivity index (χ0) is 20.3. The maximum atomic E-state index is 12.6. The predicted octanol–water partition coefficient (Wildman–Crippen LogP) is 3.57. The van der Waals surface area contributed by atoms with Gasteiger partial charge in [-0.2, -0.15) is 0 Å². The van der Waals surface area contributed by atoms with Crippen molar-refractivity contribution in [3.8, 4) is 17.0 Å². The SMILES string of the molecule is CCC(=O)N(c1ccc(C(=O)[O-])cc1)c1nc(-c2ccc(OC)cc2)c(C)s1. The highest BCUT2D eigenvalue weighted by molar-refractivity contribution is 7.16. The number of rotatable bonds is 6. The maximum absolute atomic E-state index is 12.6. The number of carbonyl (C=O) groups excluding carboxylic acids is 2. The molecular formula is C21H19N2O4S-. The normalized spacial score (nSPS) is 10.5. The van der Waals surface area contributed by atoms with Gasteiger partial charge in [0, 0.05) is 16.9 Å². The number of benzene rings is 2. The van der Waals surface area contributed by atoms with Gasteiger partial charge in [0.2, 0.25) is 5.91 Å². The second-order valence-electron chi connectivity index (χ2n) is 6.05. The first-order chi connectivity index (χ1) is 13.4. The van der Waals surface area contributed by atoms with Crippen LogP contribution in [0.4, 0.5) is 10.8 Å². The van der Waals surface area contributed by atoms with Crippen molar-refractivity contribution in [1.82, 2.24) is 4.98 Å². The molecule has 7 heteroatoms. The van der Waals surface area contributed by atoms with E-state index in [1.54, 1.807) is 26.2 Å². The maximum Gasteiger partial charge on any atom is 0.233 e. The van der Waals surface area contributed by atoms with Crippen LogP contribution in [0.15, 0.2) is 48.5 Å². The fraction of sp³-hybridized carbons (Fsp3) is 0.190. The third kappa shape index (κ3) is 3.89. The van der Waals surface area contributed by atoms with Gasteiger partial charge in [-0.1, -0.05) is 19.1 Å². The molecule has 3 aromatic rings. The van der Waals surface area contributed by atoms with Gasteiger partial charge in [0.05, 0.1) is 24.5 Å². The molecule has 0 saturated carbocycles. The van der Waals surface area contributed by atoms with Crippen molar-refractivity contribution < 1.29 is 19.4 Å². The van der Waals surface area contributed by atoms with E-state index in [4.69, 9.17) is 9.72 Å². The Morgan fingerprint density at radius 2 is 1.75 bits per heavy atom. The average Bonchev–Trinajstić information content (AvgIpc) is 3.09. The molecule has 0 atom stereocenters. The first kappa shape index (κ1) is 19.6. The molecule has 0 fully saturated rings. The first-order valence-corrected chi connectivity index (χ1v) is 9.52. The average molecular weight is 395 g/mol. The van der Waals surface area contributed by atoms with Crippen molar-refractivity contribution >= 4 is 34.0 Å². The van der Waals surface area contributed by atoms with Crippen LogP contribution in [0.1, 0.15) is 28.6 Å². The number of aryl methyl sites for hydroxylation is 1. The molecule has 3 rings (SSSR count). The molecule has 1 amide bonds. The van der Waals surface area contributed by atoms with E-state index in [-0.39, 0.29) is 11.5 Å². The predicted molar refractivity (Wildman–Crippen MR) is 107 cm³/mol. The van der Waals surface area contributed by atoms with Gasteiger partial charge < -0.3 is 14.6 Å². The Hall–Kier alpha value is -3.19. The van der Waals surface area contributed by atoms with Gasteiger partial charge in [-0.3, -0.25) is 9.69 Å². The third-order valence-electron chi connectivity index (χ3n) is 4.25. The Balaban J connectivity index is 2.01. The van der Waals surface area contributed by atoms with Crippen molar-refractivity contribution in [2.75, 3.05) is 12.0 Å². The van der Waals surface area contributed by atoms with Crippen LogP contribution < -0.4 is 14.7 Å². The van der Waals surface area contributed by atoms with Gasteiger partial charge in [-0.05, 0) is 48.9 Å². The first-order valence-electron chi connectivity index (χ1n) is 8.70. The summed E-state index contributed by atoms with van der Waals surface area (Å²) >= 11 is 1.41. The molecule has 1 heterocycles. The van der Waals surface area contributed by atoms with Crippen molar-refractivity contribution in [3.63, 3.8) is 0 Å². The van der Waals surface area contributed by atoms with Crippen LogP contribution in [0.25, 0.3) is 11.3 Å². The molecule has 6 nitrogen and oxygen atoms in total. The van der Waals surface area contributed by atoms with Crippen LogP contribution >= 0.6 is 11.3 Å². The summed E-state index contributed by atoms with van der Waals surface area (Å²) in [5.41, 5.74) is 2.34. The lowest BCUT2D eigenvalue weighted by Crippen LogP contribution is -2.25. The van der Waals surface area contributed by atoms with Crippen molar-refractivity contribution in [2.24, 2.45) is 0 Å². The number of thiazole rings is 1. The van der Waals surface area contributed by atoms with E-state index < -0.39 is 5.97 Å². The van der Waals surface area contributed by atoms with Gasteiger partial charge in [0.15, 0.2) is 5.13 Å². The molecule has 0 N–H and O–H groups in total. The number of carboxylic acids is 1. The van der Waals surface area contributed by atoms with Crippen molar-refractivity contribution in [2.45, 2.75) is 20.3 Å². The lowest BCUT2D eigenvalue weighted by Gasteiger charge is -2.19. The number of hydrogen-bond acceptors (Lipinski definition) is 6. The Labute approximate surface area is 167 Å². The minimum atomic E-state index is -1.26. The zero-order valence-electron chi connectivity index (χ0n) is 15.8. The summed E-state index contributed by atoms with van der Waals surface area (Å²) in [7, 11) is 1.61. The summed E-state index contributed by atoms with van der Waals surface area (Å²) in [6, 6.07) is 13.6. The monoisotopic (exact) mass is 395 g/mol. The summed E-state index contributed by atoms with van der Waals surface area (Å²) in [6.45, 7) is 3.73. The Kier molecular flexibility index (Phi) is 5.75. The Morgan fingerprint density at radius 1 is 1.11 bits per heavy atom. The topological polar surface area (TPSA) is 82.6 Å². The second kappa shape index (κ2) is 8.22. The Bertz CT molecular complexity index is 994. The van der Waals surface area contributed by atoms with E-state index in [1.165, 1.54) is 28.4 Å². The number of hydrogen-bond donors (Lipinski definition) is 0. The molecule has 0 unspecified atom stereocenters. The number of carboxylic acid groups (broad SMARTS) is 1. The molecule has 0 saturated heterocycles. The highest BCUT2D eigenvalue weighted by Gasteiger charge is 2.22. The molecule has 0 spiro atoms. The van der Waals surface area contributed by atoms with Crippen LogP contribution in [0, 0.1) is 6.92 Å². The number of aromatic nitrogens is 1. The molecule has 0 aliphatic carbocycles. The second-order valence-corrected chi connectivity index (χ2v) is 7.23. The van der Waals surface area contributed by atoms with Gasteiger partial charge in [0.25, 0.3) is 0 Å². The van der Waals surface area contributed by atoms with E-state index in [1.807, 2.05) is 31.2 Å². The highest BCUT2D eigenvalue weighted by Crippen LogP contribution is 2.36. The summed E-state index contributed by atoms with van der Waals surface area (Å²) in [4.78, 5) is 30.8. The molecule has 0 aliphatic rings. The van der Waals surface area contributed by atoms with Gasteiger partial charge in [0.1, 0.15) is 5.75 Å². The molecule has 0 aliphatic heterocycles. The van der Waals surface area contributed by atoms with Crippen molar-refractivity contribution in [3.05, 3.63) is 59.0 Å². The molecule has 1 aromatic heterocycles. The third-order valence-corrected chi connectivity index (χ3v) is 5.21. The van der Waals surface area contributed by atoms with Crippen molar-refractivity contribution in [1.29, 1.82) is 0 Å². The largest absolute Gasteiger partial charge is 0.545 e. The zero-order valence-corrected chi connectivity index (χ0v) is 16.6. The van der Waals surface area contributed by atoms with E-state index >= 15 is 0 Å². The molecule has 28 heavy (non-hydrogen) atoms. The van der Waals surface area contributed by atoms with Gasteiger partial charge in [-0.25, -0.2) is 4.98 Å². The van der Waals surface area contributed by atoms with E-state index in [2.05, 4.69) is 0 Å².